The quantitative estimate of drug-likeness (QED) is 0.498. The van der Waals surface area contributed by atoms with Crippen molar-refractivity contribution < 1.29 is 14.3 Å². The van der Waals surface area contributed by atoms with Crippen LogP contribution in [0.4, 0.5) is 0 Å². The van der Waals surface area contributed by atoms with Crippen LogP contribution in [0.5, 0.6) is 0 Å². The molecule has 0 amide bonds. The van der Waals surface area contributed by atoms with Gasteiger partial charge in [0.15, 0.2) is 8.25 Å². The maximum Gasteiger partial charge on any atom is 0.310 e. The molecular formula is C9H9Br3O3. The molecule has 1 saturated heterocycles. The number of rotatable bonds is 1. The molecule has 0 N–H and O–H groups in total. The normalized spacial score (nSPS) is 37.1. The van der Waals surface area contributed by atoms with Gasteiger partial charge in [-0.2, -0.15) is 0 Å². The van der Waals surface area contributed by atoms with Crippen molar-refractivity contribution in [1.29, 1.82) is 0 Å². The first-order valence-corrected chi connectivity index (χ1v) is 6.87. The van der Waals surface area contributed by atoms with Crippen LogP contribution in [0.3, 0.4) is 0 Å². The molecule has 0 spiro atoms. The molecule has 2 rings (SSSR count). The molecule has 84 valence electrons. The van der Waals surface area contributed by atoms with Crippen LogP contribution >= 0.6 is 47.8 Å². The maximum atomic E-state index is 11.9. The number of carbonyl (C=O) groups is 2. The second kappa shape index (κ2) is 3.29. The number of Topliss-reactive ketones (excluding diaryl/α,β-unsaturated/α-hetero) is 1. The fourth-order valence-corrected chi connectivity index (χ4v) is 3.02. The Labute approximate surface area is 113 Å². The van der Waals surface area contributed by atoms with E-state index in [-0.39, 0.29) is 29.0 Å². The van der Waals surface area contributed by atoms with Crippen LogP contribution in [0.2, 0.25) is 0 Å². The van der Waals surface area contributed by atoms with Gasteiger partial charge in [0.25, 0.3) is 0 Å². The summed E-state index contributed by atoms with van der Waals surface area (Å²) in [6.45, 7) is 3.98. The van der Waals surface area contributed by atoms with Crippen LogP contribution in [0.15, 0.2) is 0 Å². The molecule has 1 heterocycles. The summed E-state index contributed by atoms with van der Waals surface area (Å²) >= 11 is 9.45. The molecule has 0 aromatic carbocycles. The molecule has 6 heteroatoms. The van der Waals surface area contributed by atoms with E-state index in [0.29, 0.717) is 0 Å². The number of hydrogen-bond acceptors (Lipinski definition) is 3. The van der Waals surface area contributed by atoms with E-state index in [2.05, 4.69) is 47.8 Å². The lowest BCUT2D eigenvalue weighted by Crippen LogP contribution is -2.35. The predicted octanol–water partition coefficient (Wildman–Crippen LogP) is 2.59. The highest BCUT2D eigenvalue weighted by molar-refractivity contribution is 9.40. The van der Waals surface area contributed by atoms with Crippen molar-refractivity contribution in [3.05, 3.63) is 0 Å². The molecule has 1 saturated carbocycles. The van der Waals surface area contributed by atoms with Crippen LogP contribution in [0.1, 0.15) is 13.8 Å². The molecule has 2 aliphatic rings. The van der Waals surface area contributed by atoms with E-state index in [0.717, 1.165) is 0 Å². The monoisotopic (exact) mass is 402 g/mol. The summed E-state index contributed by atoms with van der Waals surface area (Å²) in [6, 6.07) is 0. The van der Waals surface area contributed by atoms with E-state index < -0.39 is 8.25 Å². The van der Waals surface area contributed by atoms with Gasteiger partial charge >= 0.3 is 5.97 Å². The lowest BCUT2D eigenvalue weighted by atomic mass is 10.0. The first-order chi connectivity index (χ1) is 6.67. The number of carbonyl (C=O) groups excluding carboxylic acids is 2. The van der Waals surface area contributed by atoms with Gasteiger partial charge in [-0.25, -0.2) is 0 Å². The Morgan fingerprint density at radius 3 is 2.27 bits per heavy atom. The SMILES string of the molecule is CC1(C)[C@@H]2C(=O)OC(C(=O)C(Br)(Br)Br)[C@@H]21. The minimum atomic E-state index is -0.995. The van der Waals surface area contributed by atoms with Gasteiger partial charge in [0.05, 0.1) is 5.92 Å². The smallest absolute Gasteiger partial charge is 0.310 e. The summed E-state index contributed by atoms with van der Waals surface area (Å²) in [6.07, 6.45) is -0.643. The van der Waals surface area contributed by atoms with Crippen LogP contribution in [-0.4, -0.2) is 20.0 Å². The molecule has 0 aromatic heterocycles. The third-order valence-electron chi connectivity index (χ3n) is 3.27. The van der Waals surface area contributed by atoms with E-state index >= 15 is 0 Å². The zero-order valence-corrected chi connectivity index (χ0v) is 12.8. The van der Waals surface area contributed by atoms with Gasteiger partial charge < -0.3 is 4.74 Å². The van der Waals surface area contributed by atoms with Gasteiger partial charge in [-0.1, -0.05) is 61.6 Å². The number of halogens is 3. The van der Waals surface area contributed by atoms with Crippen LogP contribution < -0.4 is 0 Å². The summed E-state index contributed by atoms with van der Waals surface area (Å²) in [5.41, 5.74) is -0.103. The fraction of sp³-hybridized carbons (Fsp3) is 0.778. The largest absolute Gasteiger partial charge is 0.454 e. The summed E-state index contributed by atoms with van der Waals surface area (Å²) in [7, 11) is 0. The Balaban J connectivity index is 2.21. The third-order valence-corrected chi connectivity index (χ3v) is 4.44. The van der Waals surface area contributed by atoms with Crippen molar-refractivity contribution in [3.63, 3.8) is 0 Å². The third kappa shape index (κ3) is 1.72. The standard InChI is InChI=1S/C9H9Br3O3/c1-8(2)3-4(8)7(14)15-5(3)6(13)9(10,11)12/h3-5H,1-2H3/t3-,4+,5?/m1/s1. The molecule has 15 heavy (non-hydrogen) atoms. The van der Waals surface area contributed by atoms with Crippen molar-refractivity contribution >= 4 is 59.5 Å². The number of alkyl halides is 3. The lowest BCUT2D eigenvalue weighted by molar-refractivity contribution is -0.152. The second-order valence-corrected chi connectivity index (χ2v) is 11.3. The number of esters is 1. The molecule has 1 unspecified atom stereocenters. The van der Waals surface area contributed by atoms with Crippen molar-refractivity contribution in [1.82, 2.24) is 0 Å². The highest BCUT2D eigenvalue weighted by atomic mass is 80.0. The van der Waals surface area contributed by atoms with E-state index in [4.69, 9.17) is 4.74 Å². The van der Waals surface area contributed by atoms with Gasteiger partial charge in [0.2, 0.25) is 5.78 Å². The first kappa shape index (κ1) is 12.0. The molecule has 0 aromatic rings. The Bertz CT molecular complexity index is 345. The van der Waals surface area contributed by atoms with E-state index in [9.17, 15) is 9.59 Å². The molecule has 3 nitrogen and oxygen atoms in total. The van der Waals surface area contributed by atoms with Crippen molar-refractivity contribution in [2.45, 2.75) is 22.1 Å². The average Bonchev–Trinajstić information content (AvgIpc) is 2.47. The maximum absolute atomic E-state index is 11.9. The first-order valence-electron chi connectivity index (χ1n) is 4.49. The van der Waals surface area contributed by atoms with E-state index in [1.54, 1.807) is 0 Å². The number of ether oxygens (including phenoxy) is 1. The minimum Gasteiger partial charge on any atom is -0.454 e. The molecule has 2 fully saturated rings. The minimum absolute atomic E-state index is 0.0181. The second-order valence-electron chi connectivity index (χ2n) is 4.54. The summed E-state index contributed by atoms with van der Waals surface area (Å²) in [5, 5.41) is 0. The number of hydrogen-bond donors (Lipinski definition) is 0. The molecule has 3 atom stereocenters. The zero-order valence-electron chi connectivity index (χ0n) is 8.09. The Morgan fingerprint density at radius 2 is 1.93 bits per heavy atom. The van der Waals surface area contributed by atoms with Crippen LogP contribution in [-0.2, 0) is 14.3 Å². The summed E-state index contributed by atoms with van der Waals surface area (Å²) in [4.78, 5) is 23.4. The summed E-state index contributed by atoms with van der Waals surface area (Å²) in [5.74, 6) is -0.542. The average molecular weight is 405 g/mol. The Hall–Kier alpha value is 0.580. The predicted molar refractivity (Wildman–Crippen MR) is 65.2 cm³/mol. The van der Waals surface area contributed by atoms with Crippen molar-refractivity contribution in [3.8, 4) is 0 Å². The van der Waals surface area contributed by atoms with Gasteiger partial charge in [-0.05, 0) is 5.41 Å². The van der Waals surface area contributed by atoms with Crippen molar-refractivity contribution in [2.75, 3.05) is 0 Å². The summed E-state index contributed by atoms with van der Waals surface area (Å²) < 4.78 is 4.07. The molecular weight excluding hydrogens is 396 g/mol. The number of fused-ring (bicyclic) bond motifs is 1. The Morgan fingerprint density at radius 1 is 1.40 bits per heavy atom. The topological polar surface area (TPSA) is 43.4 Å². The van der Waals surface area contributed by atoms with Crippen LogP contribution in [0, 0.1) is 17.3 Å². The van der Waals surface area contributed by atoms with E-state index in [1.807, 2.05) is 13.8 Å². The molecule has 1 aliphatic carbocycles. The highest BCUT2D eigenvalue weighted by Gasteiger charge is 2.73. The van der Waals surface area contributed by atoms with Gasteiger partial charge in [-0.3, -0.25) is 9.59 Å². The molecule has 0 bridgehead atoms. The number of cyclic esters (lactones) is 1. The van der Waals surface area contributed by atoms with Gasteiger partial charge in [0.1, 0.15) is 0 Å². The number of ketones is 1. The molecule has 0 radical (unpaired) electrons. The zero-order chi connectivity index (χ0) is 11.6. The van der Waals surface area contributed by atoms with E-state index in [1.165, 1.54) is 0 Å². The Kier molecular flexibility index (Phi) is 2.64. The molecule has 1 aliphatic heterocycles. The van der Waals surface area contributed by atoms with Gasteiger partial charge in [-0.15, -0.1) is 0 Å². The van der Waals surface area contributed by atoms with Gasteiger partial charge in [0, 0.05) is 5.92 Å². The van der Waals surface area contributed by atoms with Crippen molar-refractivity contribution in [2.24, 2.45) is 17.3 Å². The highest BCUT2D eigenvalue weighted by Crippen LogP contribution is 2.65. The van der Waals surface area contributed by atoms with Crippen LogP contribution in [0.25, 0.3) is 0 Å². The fourth-order valence-electron chi connectivity index (χ4n) is 2.34. The lowest BCUT2D eigenvalue weighted by Gasteiger charge is -2.20.